The molecule has 1 aromatic rings. The van der Waals surface area contributed by atoms with Crippen LogP contribution in [0.25, 0.3) is 0 Å². The third-order valence-corrected chi connectivity index (χ3v) is 4.34. The summed E-state index contributed by atoms with van der Waals surface area (Å²) in [6, 6.07) is 4.38. The number of alkyl halides is 3. The van der Waals surface area contributed by atoms with Crippen molar-refractivity contribution < 1.29 is 27.5 Å². The van der Waals surface area contributed by atoms with Gasteiger partial charge in [0.15, 0.2) is 0 Å². The quantitative estimate of drug-likeness (QED) is 0.781. The van der Waals surface area contributed by atoms with Crippen LogP contribution in [0, 0.1) is 5.92 Å². The van der Waals surface area contributed by atoms with Crippen molar-refractivity contribution in [1.29, 1.82) is 0 Å². The van der Waals surface area contributed by atoms with Gasteiger partial charge >= 0.3 is 6.18 Å². The first kappa shape index (κ1) is 20.2. The molecule has 1 heterocycles. The number of amides is 2. The summed E-state index contributed by atoms with van der Waals surface area (Å²) in [4.78, 5) is 26.2. The number of carbonyl (C=O) groups is 2. The van der Waals surface area contributed by atoms with Gasteiger partial charge in [-0.15, -0.1) is 0 Å². The highest BCUT2D eigenvalue weighted by molar-refractivity contribution is 5.95. The number of likely N-dealkylation sites (tertiary alicyclic amines) is 1. The van der Waals surface area contributed by atoms with E-state index in [9.17, 15) is 22.8 Å². The summed E-state index contributed by atoms with van der Waals surface area (Å²) in [5.74, 6) is -0.961. The Bertz CT molecular complexity index is 634. The van der Waals surface area contributed by atoms with E-state index in [0.29, 0.717) is 39.0 Å². The van der Waals surface area contributed by atoms with Crippen molar-refractivity contribution in [2.75, 3.05) is 33.4 Å². The first-order valence-corrected chi connectivity index (χ1v) is 8.56. The highest BCUT2D eigenvalue weighted by Crippen LogP contribution is 2.30. The summed E-state index contributed by atoms with van der Waals surface area (Å²) in [7, 11) is 1.58. The lowest BCUT2D eigenvalue weighted by molar-refractivity contribution is -0.137. The predicted octanol–water partition coefficient (Wildman–Crippen LogP) is 2.71. The molecule has 0 aliphatic carbocycles. The van der Waals surface area contributed by atoms with E-state index in [4.69, 9.17) is 4.74 Å². The van der Waals surface area contributed by atoms with E-state index < -0.39 is 17.6 Å². The molecule has 144 valence electrons. The molecule has 0 bridgehead atoms. The molecule has 1 aromatic carbocycles. The average Bonchev–Trinajstić information content (AvgIpc) is 2.64. The lowest BCUT2D eigenvalue weighted by atomic mass is 9.96. The topological polar surface area (TPSA) is 58.6 Å². The van der Waals surface area contributed by atoms with Crippen molar-refractivity contribution in [3.8, 4) is 0 Å². The van der Waals surface area contributed by atoms with E-state index in [1.165, 1.54) is 17.0 Å². The maximum absolute atomic E-state index is 12.8. The average molecular weight is 372 g/mol. The minimum absolute atomic E-state index is 0.0130. The molecule has 0 unspecified atom stereocenters. The van der Waals surface area contributed by atoms with Gasteiger partial charge in [-0.2, -0.15) is 13.2 Å². The molecule has 0 saturated carbocycles. The van der Waals surface area contributed by atoms with E-state index >= 15 is 0 Å². The molecule has 0 aromatic heterocycles. The van der Waals surface area contributed by atoms with Crippen LogP contribution in [0.1, 0.15) is 35.2 Å². The second-order valence-corrected chi connectivity index (χ2v) is 6.31. The first-order valence-electron chi connectivity index (χ1n) is 8.56. The lowest BCUT2D eigenvalue weighted by Crippen LogP contribution is -2.45. The van der Waals surface area contributed by atoms with Crippen LogP contribution in [-0.2, 0) is 15.7 Å². The van der Waals surface area contributed by atoms with Gasteiger partial charge in [0.1, 0.15) is 0 Å². The Hall–Kier alpha value is -2.09. The molecule has 26 heavy (non-hydrogen) atoms. The maximum Gasteiger partial charge on any atom is 0.416 e. The zero-order valence-corrected chi connectivity index (χ0v) is 14.6. The zero-order chi connectivity index (χ0) is 19.2. The number of nitrogens with one attached hydrogen (secondary N) is 1. The Labute approximate surface area is 150 Å². The summed E-state index contributed by atoms with van der Waals surface area (Å²) in [6.45, 7) is 1.68. The van der Waals surface area contributed by atoms with Crippen LogP contribution >= 0.6 is 0 Å². The van der Waals surface area contributed by atoms with Gasteiger partial charge in [0.05, 0.1) is 11.5 Å². The van der Waals surface area contributed by atoms with Crippen LogP contribution in [-0.4, -0.2) is 50.1 Å². The van der Waals surface area contributed by atoms with Crippen molar-refractivity contribution in [2.24, 2.45) is 5.92 Å². The normalized spacial score (nSPS) is 17.8. The molecule has 1 aliphatic rings. The van der Waals surface area contributed by atoms with Gasteiger partial charge in [-0.25, -0.2) is 0 Å². The number of nitrogens with zero attached hydrogens (tertiary/aromatic N) is 1. The summed E-state index contributed by atoms with van der Waals surface area (Å²) in [5, 5.41) is 2.81. The molecule has 2 amide bonds. The molecule has 0 spiro atoms. The van der Waals surface area contributed by atoms with E-state index in [2.05, 4.69) is 5.32 Å². The van der Waals surface area contributed by atoms with Crippen molar-refractivity contribution >= 4 is 11.8 Å². The summed E-state index contributed by atoms with van der Waals surface area (Å²) < 4.78 is 43.4. The highest BCUT2D eigenvalue weighted by atomic mass is 19.4. The zero-order valence-electron chi connectivity index (χ0n) is 14.6. The maximum atomic E-state index is 12.8. The number of benzene rings is 1. The largest absolute Gasteiger partial charge is 0.416 e. The third-order valence-electron chi connectivity index (χ3n) is 4.34. The predicted molar refractivity (Wildman–Crippen MR) is 89.6 cm³/mol. The number of hydrogen-bond acceptors (Lipinski definition) is 3. The van der Waals surface area contributed by atoms with Gasteiger partial charge in [0, 0.05) is 38.9 Å². The van der Waals surface area contributed by atoms with Gasteiger partial charge in [-0.1, -0.05) is 6.07 Å². The molecule has 2 rings (SSSR count). The number of piperidine rings is 1. The number of hydrogen-bond donors (Lipinski definition) is 1. The molecule has 1 fully saturated rings. The minimum atomic E-state index is -4.50. The lowest BCUT2D eigenvalue weighted by Gasteiger charge is -2.32. The number of carbonyl (C=O) groups excluding carboxylic acids is 2. The van der Waals surface area contributed by atoms with Crippen molar-refractivity contribution in [1.82, 2.24) is 10.2 Å². The molecule has 1 atom stereocenters. The van der Waals surface area contributed by atoms with Crippen LogP contribution in [0.5, 0.6) is 0 Å². The fraction of sp³-hybridized carbons (Fsp3) is 0.556. The van der Waals surface area contributed by atoms with E-state index in [1.54, 1.807) is 7.11 Å². The Morgan fingerprint density at radius 2 is 2.12 bits per heavy atom. The van der Waals surface area contributed by atoms with E-state index in [1.807, 2.05) is 0 Å². The molecule has 1 aliphatic heterocycles. The Morgan fingerprint density at radius 1 is 1.35 bits per heavy atom. The standard InChI is InChI=1S/C18H23F3N2O3/c1-26-10-4-8-22-16(24)14-6-3-9-23(12-14)17(25)13-5-2-7-15(11-13)18(19,20)21/h2,5,7,11,14H,3-4,6,8-10,12H2,1H3,(H,22,24)/t14-/m0/s1. The molecule has 1 N–H and O–H groups in total. The third kappa shape index (κ3) is 5.45. The van der Waals surface area contributed by atoms with E-state index in [-0.39, 0.29) is 23.9 Å². The Kier molecular flexibility index (Phi) is 7.02. The van der Waals surface area contributed by atoms with E-state index in [0.717, 1.165) is 12.1 Å². The van der Waals surface area contributed by atoms with Crippen LogP contribution in [0.15, 0.2) is 24.3 Å². The Morgan fingerprint density at radius 3 is 2.81 bits per heavy atom. The molecule has 0 radical (unpaired) electrons. The van der Waals surface area contributed by atoms with Gasteiger partial charge in [-0.05, 0) is 37.5 Å². The number of methoxy groups -OCH3 is 1. The van der Waals surface area contributed by atoms with Gasteiger partial charge < -0.3 is 15.0 Å². The van der Waals surface area contributed by atoms with Crippen LogP contribution in [0.3, 0.4) is 0 Å². The van der Waals surface area contributed by atoms with Crippen LogP contribution < -0.4 is 5.32 Å². The second kappa shape index (κ2) is 9.02. The van der Waals surface area contributed by atoms with Crippen molar-refractivity contribution in [3.05, 3.63) is 35.4 Å². The Balaban J connectivity index is 1.98. The summed E-state index contributed by atoms with van der Waals surface area (Å²) in [6.07, 6.45) is -2.51. The molecule has 5 nitrogen and oxygen atoms in total. The molecule has 1 saturated heterocycles. The highest BCUT2D eigenvalue weighted by Gasteiger charge is 2.32. The van der Waals surface area contributed by atoms with Gasteiger partial charge in [0.25, 0.3) is 5.91 Å². The van der Waals surface area contributed by atoms with Crippen LogP contribution in [0.2, 0.25) is 0 Å². The number of rotatable bonds is 6. The minimum Gasteiger partial charge on any atom is -0.385 e. The molecule has 8 heteroatoms. The molecular formula is C18H23F3N2O3. The molecular weight excluding hydrogens is 349 g/mol. The fourth-order valence-corrected chi connectivity index (χ4v) is 2.96. The number of ether oxygens (including phenoxy) is 1. The first-order chi connectivity index (χ1) is 12.3. The van der Waals surface area contributed by atoms with Gasteiger partial charge in [0.2, 0.25) is 5.91 Å². The second-order valence-electron chi connectivity index (χ2n) is 6.31. The van der Waals surface area contributed by atoms with Gasteiger partial charge in [-0.3, -0.25) is 9.59 Å². The smallest absolute Gasteiger partial charge is 0.385 e. The summed E-state index contributed by atoms with van der Waals surface area (Å²) >= 11 is 0. The SMILES string of the molecule is COCCCNC(=O)[C@H]1CCCN(C(=O)c2cccc(C(F)(F)F)c2)C1. The van der Waals surface area contributed by atoms with Crippen molar-refractivity contribution in [3.63, 3.8) is 0 Å². The van der Waals surface area contributed by atoms with Crippen LogP contribution in [0.4, 0.5) is 13.2 Å². The van der Waals surface area contributed by atoms with Crippen molar-refractivity contribution in [2.45, 2.75) is 25.4 Å². The number of halogens is 3. The fourth-order valence-electron chi connectivity index (χ4n) is 2.96. The monoisotopic (exact) mass is 372 g/mol. The summed E-state index contributed by atoms with van der Waals surface area (Å²) in [5.41, 5.74) is -0.867.